The van der Waals surface area contributed by atoms with Crippen molar-refractivity contribution in [2.75, 3.05) is 26.9 Å². The second kappa shape index (κ2) is 11.8. The van der Waals surface area contributed by atoms with Crippen LogP contribution < -0.4 is 14.8 Å². The van der Waals surface area contributed by atoms with Crippen molar-refractivity contribution in [3.8, 4) is 11.5 Å². The van der Waals surface area contributed by atoms with Crippen LogP contribution in [-0.2, 0) is 16.0 Å². The van der Waals surface area contributed by atoms with Gasteiger partial charge in [0.1, 0.15) is 0 Å². The molecule has 0 aromatic heterocycles. The van der Waals surface area contributed by atoms with E-state index in [1.807, 2.05) is 61.5 Å². The Morgan fingerprint density at radius 2 is 1.96 bits per heavy atom. The van der Waals surface area contributed by atoms with Gasteiger partial charge in [-0.1, -0.05) is 42.5 Å². The lowest BCUT2D eigenvalue weighted by Crippen LogP contribution is -2.30. The molecular weight excluding hydrogens is 354 g/mol. The van der Waals surface area contributed by atoms with Crippen molar-refractivity contribution >= 4 is 5.91 Å². The summed E-state index contributed by atoms with van der Waals surface area (Å²) in [6.45, 7) is 6.81. The van der Waals surface area contributed by atoms with Gasteiger partial charge in [-0.3, -0.25) is 4.79 Å². The van der Waals surface area contributed by atoms with Gasteiger partial charge >= 0.3 is 0 Å². The molecule has 5 nitrogen and oxygen atoms in total. The van der Waals surface area contributed by atoms with E-state index in [1.165, 1.54) is 0 Å². The van der Waals surface area contributed by atoms with Gasteiger partial charge in [0.15, 0.2) is 18.1 Å². The van der Waals surface area contributed by atoms with Crippen LogP contribution in [0.15, 0.2) is 61.2 Å². The van der Waals surface area contributed by atoms with Crippen LogP contribution in [0.1, 0.15) is 30.6 Å². The standard InChI is InChI=1S/C23H29NO4/c1-4-9-19-12-13-21(22(16-19)26-3)28-17-23(25)24-14-8-15-27-18(2)20-10-6-5-7-11-20/h4-7,10-13,16,18H,1,8-9,14-15,17H2,2-3H3,(H,24,25). The first-order valence-corrected chi connectivity index (χ1v) is 9.48. The zero-order valence-electron chi connectivity index (χ0n) is 16.6. The van der Waals surface area contributed by atoms with Crippen LogP contribution >= 0.6 is 0 Å². The molecule has 2 aromatic carbocycles. The topological polar surface area (TPSA) is 56.8 Å². The van der Waals surface area contributed by atoms with Gasteiger partial charge in [0.2, 0.25) is 0 Å². The van der Waals surface area contributed by atoms with Crippen LogP contribution in [0.2, 0.25) is 0 Å². The molecule has 28 heavy (non-hydrogen) atoms. The number of carbonyl (C=O) groups is 1. The number of hydrogen-bond donors (Lipinski definition) is 1. The Labute approximate surface area is 167 Å². The first-order chi connectivity index (χ1) is 13.6. The van der Waals surface area contributed by atoms with Gasteiger partial charge in [-0.2, -0.15) is 0 Å². The van der Waals surface area contributed by atoms with Crippen molar-refractivity contribution < 1.29 is 19.0 Å². The first kappa shape index (κ1) is 21.5. The van der Waals surface area contributed by atoms with E-state index >= 15 is 0 Å². The Morgan fingerprint density at radius 3 is 2.68 bits per heavy atom. The summed E-state index contributed by atoms with van der Waals surface area (Å²) < 4.78 is 16.7. The maximum absolute atomic E-state index is 12.0. The molecule has 0 radical (unpaired) electrons. The summed E-state index contributed by atoms with van der Waals surface area (Å²) in [7, 11) is 1.58. The maximum Gasteiger partial charge on any atom is 0.257 e. The highest BCUT2D eigenvalue weighted by Gasteiger charge is 2.09. The monoisotopic (exact) mass is 383 g/mol. The predicted octanol–water partition coefficient (Wildman–Crippen LogP) is 4.09. The zero-order valence-corrected chi connectivity index (χ0v) is 16.6. The molecule has 0 saturated carbocycles. The molecule has 0 aliphatic heterocycles. The predicted molar refractivity (Wildman–Crippen MR) is 111 cm³/mol. The molecule has 0 fully saturated rings. The lowest BCUT2D eigenvalue weighted by molar-refractivity contribution is -0.123. The van der Waals surface area contributed by atoms with E-state index in [2.05, 4.69) is 11.9 Å². The Balaban J connectivity index is 1.65. The molecular formula is C23H29NO4. The van der Waals surface area contributed by atoms with Crippen LogP contribution in [0.25, 0.3) is 0 Å². The van der Waals surface area contributed by atoms with Crippen molar-refractivity contribution in [2.45, 2.75) is 25.9 Å². The maximum atomic E-state index is 12.0. The molecule has 0 aliphatic rings. The Hall–Kier alpha value is -2.79. The molecule has 0 heterocycles. The van der Waals surface area contributed by atoms with E-state index in [-0.39, 0.29) is 18.6 Å². The quantitative estimate of drug-likeness (QED) is 0.443. The van der Waals surface area contributed by atoms with Crippen LogP contribution in [0, 0.1) is 0 Å². The molecule has 2 aromatic rings. The van der Waals surface area contributed by atoms with Crippen LogP contribution in [0.3, 0.4) is 0 Å². The lowest BCUT2D eigenvalue weighted by atomic mass is 10.1. The van der Waals surface area contributed by atoms with E-state index in [0.29, 0.717) is 24.7 Å². The molecule has 1 unspecified atom stereocenters. The molecule has 0 saturated heterocycles. The number of amides is 1. The third kappa shape index (κ3) is 7.08. The molecule has 1 N–H and O–H groups in total. The second-order valence-corrected chi connectivity index (χ2v) is 6.39. The van der Waals surface area contributed by atoms with Gasteiger partial charge in [0.05, 0.1) is 13.2 Å². The highest BCUT2D eigenvalue weighted by Crippen LogP contribution is 2.28. The van der Waals surface area contributed by atoms with E-state index in [0.717, 1.165) is 24.0 Å². The summed E-state index contributed by atoms with van der Waals surface area (Å²) in [5.74, 6) is 0.981. The van der Waals surface area contributed by atoms with E-state index in [4.69, 9.17) is 14.2 Å². The fraction of sp³-hybridized carbons (Fsp3) is 0.348. The second-order valence-electron chi connectivity index (χ2n) is 6.39. The number of nitrogens with one attached hydrogen (secondary N) is 1. The fourth-order valence-corrected chi connectivity index (χ4v) is 2.70. The van der Waals surface area contributed by atoms with Gasteiger partial charge in [-0.15, -0.1) is 6.58 Å². The van der Waals surface area contributed by atoms with Gasteiger partial charge < -0.3 is 19.5 Å². The molecule has 0 aliphatic carbocycles. The largest absolute Gasteiger partial charge is 0.493 e. The smallest absolute Gasteiger partial charge is 0.257 e. The van der Waals surface area contributed by atoms with Gasteiger partial charge in [-0.25, -0.2) is 0 Å². The SMILES string of the molecule is C=CCc1ccc(OCC(=O)NCCCOC(C)c2ccccc2)c(OC)c1. The third-order valence-corrected chi connectivity index (χ3v) is 4.25. The number of methoxy groups -OCH3 is 1. The number of ether oxygens (including phenoxy) is 3. The number of benzene rings is 2. The summed E-state index contributed by atoms with van der Waals surface area (Å²) in [6.07, 6.45) is 3.36. The van der Waals surface area contributed by atoms with Gasteiger partial charge in [0, 0.05) is 13.2 Å². The van der Waals surface area contributed by atoms with E-state index in [1.54, 1.807) is 7.11 Å². The molecule has 1 amide bonds. The summed E-state index contributed by atoms with van der Waals surface area (Å²) in [5, 5.41) is 2.84. The number of rotatable bonds is 12. The molecule has 0 spiro atoms. The zero-order chi connectivity index (χ0) is 20.2. The van der Waals surface area contributed by atoms with E-state index < -0.39 is 0 Å². The van der Waals surface area contributed by atoms with Crippen molar-refractivity contribution in [2.24, 2.45) is 0 Å². The Bertz CT molecular complexity index is 746. The summed E-state index contributed by atoms with van der Waals surface area (Å²) >= 11 is 0. The average molecular weight is 383 g/mol. The number of allylic oxidation sites excluding steroid dienone is 1. The van der Waals surface area contributed by atoms with Crippen molar-refractivity contribution in [3.63, 3.8) is 0 Å². The molecule has 150 valence electrons. The fourth-order valence-electron chi connectivity index (χ4n) is 2.70. The molecule has 5 heteroatoms. The van der Waals surface area contributed by atoms with Crippen molar-refractivity contribution in [1.82, 2.24) is 5.32 Å². The average Bonchev–Trinajstić information content (AvgIpc) is 2.73. The van der Waals surface area contributed by atoms with E-state index in [9.17, 15) is 4.79 Å². The van der Waals surface area contributed by atoms with Crippen molar-refractivity contribution in [1.29, 1.82) is 0 Å². The van der Waals surface area contributed by atoms with Gasteiger partial charge in [-0.05, 0) is 43.0 Å². The minimum Gasteiger partial charge on any atom is -0.493 e. The van der Waals surface area contributed by atoms with Crippen LogP contribution in [0.5, 0.6) is 11.5 Å². The third-order valence-electron chi connectivity index (χ3n) is 4.25. The summed E-state index contributed by atoms with van der Waals surface area (Å²) in [5.41, 5.74) is 2.22. The number of hydrogen-bond acceptors (Lipinski definition) is 4. The lowest BCUT2D eigenvalue weighted by Gasteiger charge is -2.14. The number of carbonyl (C=O) groups excluding carboxylic acids is 1. The highest BCUT2D eigenvalue weighted by atomic mass is 16.5. The Kier molecular flexibility index (Phi) is 9.08. The molecule has 1 atom stereocenters. The van der Waals surface area contributed by atoms with Gasteiger partial charge in [0.25, 0.3) is 5.91 Å². The highest BCUT2D eigenvalue weighted by molar-refractivity contribution is 5.77. The Morgan fingerprint density at radius 1 is 1.18 bits per heavy atom. The van der Waals surface area contributed by atoms with Crippen LogP contribution in [-0.4, -0.2) is 32.8 Å². The molecule has 0 bridgehead atoms. The minimum absolute atomic E-state index is 0.0387. The first-order valence-electron chi connectivity index (χ1n) is 9.48. The van der Waals surface area contributed by atoms with Crippen LogP contribution in [0.4, 0.5) is 0 Å². The van der Waals surface area contributed by atoms with Crippen molar-refractivity contribution in [3.05, 3.63) is 72.3 Å². The summed E-state index contributed by atoms with van der Waals surface area (Å²) in [4.78, 5) is 12.0. The molecule has 2 rings (SSSR count). The normalized spacial score (nSPS) is 11.5. The minimum atomic E-state index is -0.173. The summed E-state index contributed by atoms with van der Waals surface area (Å²) in [6, 6.07) is 15.7.